The van der Waals surface area contributed by atoms with Crippen molar-refractivity contribution in [1.82, 2.24) is 0 Å². The molecule has 0 saturated heterocycles. The molecule has 2 N–H and O–H groups in total. The topological polar surface area (TPSA) is 83.8 Å². The first-order valence-electron chi connectivity index (χ1n) is 4.63. The van der Waals surface area contributed by atoms with Gasteiger partial charge in [0.05, 0.1) is 24.5 Å². The summed E-state index contributed by atoms with van der Waals surface area (Å²) in [6, 6.07) is 0. The van der Waals surface area contributed by atoms with E-state index in [1.54, 1.807) is 6.92 Å². The van der Waals surface area contributed by atoms with Gasteiger partial charge < -0.3 is 14.9 Å². The molecule has 0 radical (unpaired) electrons. The summed E-state index contributed by atoms with van der Waals surface area (Å²) in [6.45, 7) is 1.90. The second kappa shape index (κ2) is 4.41. The quantitative estimate of drug-likeness (QED) is 0.630. The second-order valence-corrected chi connectivity index (χ2v) is 3.43. The van der Waals surface area contributed by atoms with Crippen LogP contribution in [0, 0.1) is 11.8 Å². The van der Waals surface area contributed by atoms with Gasteiger partial charge in [0.1, 0.15) is 0 Å². The lowest BCUT2D eigenvalue weighted by Crippen LogP contribution is -2.26. The van der Waals surface area contributed by atoms with Crippen molar-refractivity contribution in [2.75, 3.05) is 6.61 Å². The molecule has 1 aliphatic carbocycles. The summed E-state index contributed by atoms with van der Waals surface area (Å²) in [7, 11) is 0. The van der Waals surface area contributed by atoms with Crippen LogP contribution in [0.4, 0.5) is 0 Å². The maximum Gasteiger partial charge on any atom is 0.309 e. The van der Waals surface area contributed by atoms with Crippen molar-refractivity contribution in [1.29, 1.82) is 0 Å². The zero-order valence-electron chi connectivity index (χ0n) is 7.97. The number of ether oxygens (including phenoxy) is 1. The largest absolute Gasteiger partial charge is 0.481 e. The fourth-order valence-corrected chi connectivity index (χ4v) is 1.79. The number of carboxylic acids is 1. The van der Waals surface area contributed by atoms with Crippen LogP contribution in [0.3, 0.4) is 0 Å². The summed E-state index contributed by atoms with van der Waals surface area (Å²) in [4.78, 5) is 22.1. The number of aliphatic carboxylic acids is 1. The average Bonchev–Trinajstić information content (AvgIpc) is 2.48. The first kappa shape index (κ1) is 11.0. The lowest BCUT2D eigenvalue weighted by Gasteiger charge is -2.13. The van der Waals surface area contributed by atoms with Crippen LogP contribution in [0.5, 0.6) is 0 Å². The van der Waals surface area contributed by atoms with Gasteiger partial charge in [-0.15, -0.1) is 0 Å². The van der Waals surface area contributed by atoms with Crippen molar-refractivity contribution in [3.05, 3.63) is 0 Å². The minimum atomic E-state index is -1.04. The number of esters is 1. The summed E-state index contributed by atoms with van der Waals surface area (Å²) < 4.78 is 4.74. The van der Waals surface area contributed by atoms with Gasteiger partial charge in [-0.1, -0.05) is 0 Å². The van der Waals surface area contributed by atoms with Crippen LogP contribution in [-0.2, 0) is 14.3 Å². The molecule has 0 amide bonds. The van der Waals surface area contributed by atoms with Gasteiger partial charge in [-0.3, -0.25) is 9.59 Å². The third-order valence-electron chi connectivity index (χ3n) is 2.44. The van der Waals surface area contributed by atoms with Crippen molar-refractivity contribution in [3.63, 3.8) is 0 Å². The van der Waals surface area contributed by atoms with E-state index in [-0.39, 0.29) is 19.4 Å². The molecule has 0 spiro atoms. The lowest BCUT2D eigenvalue weighted by atomic mass is 9.96. The first-order chi connectivity index (χ1) is 6.56. The number of carboxylic acid groups (broad SMARTS) is 1. The number of carbonyl (C=O) groups excluding carboxylic acids is 1. The molecule has 80 valence electrons. The lowest BCUT2D eigenvalue weighted by molar-refractivity contribution is -0.156. The van der Waals surface area contributed by atoms with E-state index in [0.29, 0.717) is 0 Å². The number of aliphatic hydroxyl groups is 1. The van der Waals surface area contributed by atoms with E-state index in [1.165, 1.54) is 0 Å². The number of rotatable bonds is 3. The Labute approximate surface area is 81.7 Å². The Morgan fingerprint density at radius 1 is 1.36 bits per heavy atom. The number of hydrogen-bond donors (Lipinski definition) is 2. The number of carbonyl (C=O) groups is 2. The highest BCUT2D eigenvalue weighted by molar-refractivity contribution is 5.81. The Balaban J connectivity index is 2.66. The Bertz CT molecular complexity index is 237. The van der Waals surface area contributed by atoms with Gasteiger partial charge in [0.25, 0.3) is 0 Å². The Kier molecular flexibility index (Phi) is 3.46. The van der Waals surface area contributed by atoms with E-state index in [4.69, 9.17) is 9.84 Å². The highest BCUT2D eigenvalue weighted by atomic mass is 16.5. The smallest absolute Gasteiger partial charge is 0.309 e. The molecule has 0 aromatic carbocycles. The molecule has 1 saturated carbocycles. The summed E-state index contributed by atoms with van der Waals surface area (Å²) in [5, 5.41) is 18.1. The molecular weight excluding hydrogens is 188 g/mol. The molecule has 1 fully saturated rings. The highest BCUT2D eigenvalue weighted by Crippen LogP contribution is 2.33. The van der Waals surface area contributed by atoms with Crippen LogP contribution >= 0.6 is 0 Å². The van der Waals surface area contributed by atoms with Gasteiger partial charge in [0.2, 0.25) is 0 Å². The van der Waals surface area contributed by atoms with Crippen LogP contribution in [0.1, 0.15) is 19.8 Å². The molecule has 0 bridgehead atoms. The zero-order chi connectivity index (χ0) is 10.7. The maximum absolute atomic E-state index is 11.3. The minimum absolute atomic E-state index is 0.138. The summed E-state index contributed by atoms with van der Waals surface area (Å²) >= 11 is 0. The molecular formula is C9H14O5. The molecule has 0 aromatic rings. The summed E-state index contributed by atoms with van der Waals surface area (Å²) in [5.41, 5.74) is 0. The predicted octanol–water partition coefficient (Wildman–Crippen LogP) is 0.0212. The normalized spacial score (nSPS) is 31.4. The van der Waals surface area contributed by atoms with Crippen LogP contribution < -0.4 is 0 Å². The second-order valence-electron chi connectivity index (χ2n) is 3.43. The number of aliphatic hydroxyl groups excluding tert-OH is 1. The molecule has 3 atom stereocenters. The average molecular weight is 202 g/mol. The third kappa shape index (κ3) is 2.23. The molecule has 0 aliphatic heterocycles. The molecule has 1 rings (SSSR count). The van der Waals surface area contributed by atoms with E-state index in [9.17, 15) is 14.7 Å². The molecule has 1 aliphatic rings. The Morgan fingerprint density at radius 2 is 1.93 bits per heavy atom. The zero-order valence-corrected chi connectivity index (χ0v) is 7.97. The van der Waals surface area contributed by atoms with E-state index in [0.717, 1.165) is 0 Å². The van der Waals surface area contributed by atoms with Crippen LogP contribution in [0.2, 0.25) is 0 Å². The third-order valence-corrected chi connectivity index (χ3v) is 2.44. The van der Waals surface area contributed by atoms with Crippen molar-refractivity contribution >= 4 is 11.9 Å². The standard InChI is InChI=1S/C9H14O5/c1-2-14-9(13)7-4-5(10)3-6(7)8(11)12/h5-7,10H,2-4H2,1H3,(H,11,12)/t5-,6-,7-/m1/s1. The van der Waals surface area contributed by atoms with Gasteiger partial charge in [-0.05, 0) is 19.8 Å². The highest BCUT2D eigenvalue weighted by Gasteiger charge is 2.43. The fourth-order valence-electron chi connectivity index (χ4n) is 1.79. The Morgan fingerprint density at radius 3 is 2.43 bits per heavy atom. The molecule has 5 heteroatoms. The fraction of sp³-hybridized carbons (Fsp3) is 0.778. The molecule has 0 aromatic heterocycles. The first-order valence-corrected chi connectivity index (χ1v) is 4.63. The van der Waals surface area contributed by atoms with E-state index < -0.39 is 29.9 Å². The van der Waals surface area contributed by atoms with Crippen LogP contribution in [-0.4, -0.2) is 34.9 Å². The van der Waals surface area contributed by atoms with Gasteiger partial charge >= 0.3 is 11.9 Å². The summed E-state index contributed by atoms with van der Waals surface area (Å²) in [5.74, 6) is -3.05. The van der Waals surface area contributed by atoms with Gasteiger partial charge in [-0.25, -0.2) is 0 Å². The Hall–Kier alpha value is -1.10. The molecule has 0 unspecified atom stereocenters. The SMILES string of the molecule is CCOC(=O)[C@@H]1C[C@H](O)C[C@H]1C(=O)O. The van der Waals surface area contributed by atoms with E-state index >= 15 is 0 Å². The van der Waals surface area contributed by atoms with Crippen LogP contribution in [0.25, 0.3) is 0 Å². The predicted molar refractivity (Wildman–Crippen MR) is 46.5 cm³/mol. The number of hydrogen-bond acceptors (Lipinski definition) is 4. The van der Waals surface area contributed by atoms with E-state index in [1.807, 2.05) is 0 Å². The van der Waals surface area contributed by atoms with E-state index in [2.05, 4.69) is 0 Å². The minimum Gasteiger partial charge on any atom is -0.481 e. The van der Waals surface area contributed by atoms with Gasteiger partial charge in [0, 0.05) is 0 Å². The molecule has 0 heterocycles. The monoisotopic (exact) mass is 202 g/mol. The van der Waals surface area contributed by atoms with Crippen LogP contribution in [0.15, 0.2) is 0 Å². The van der Waals surface area contributed by atoms with Gasteiger partial charge in [-0.2, -0.15) is 0 Å². The molecule has 5 nitrogen and oxygen atoms in total. The maximum atomic E-state index is 11.3. The van der Waals surface area contributed by atoms with Crippen molar-refractivity contribution in [3.8, 4) is 0 Å². The van der Waals surface area contributed by atoms with Crippen molar-refractivity contribution < 1.29 is 24.5 Å². The van der Waals surface area contributed by atoms with Crippen molar-refractivity contribution in [2.24, 2.45) is 11.8 Å². The van der Waals surface area contributed by atoms with Crippen molar-refractivity contribution in [2.45, 2.75) is 25.9 Å². The summed E-state index contributed by atoms with van der Waals surface area (Å²) in [6.07, 6.45) is -0.375. The van der Waals surface area contributed by atoms with Gasteiger partial charge in [0.15, 0.2) is 0 Å². The molecule has 14 heavy (non-hydrogen) atoms.